The SMILES string of the molecule is CNCc1ccc(COCC2CC=CCC2C)c(Br)c1. The van der Waals surface area contributed by atoms with Crippen molar-refractivity contribution in [3.05, 3.63) is 46.0 Å². The lowest BCUT2D eigenvalue weighted by atomic mass is 9.85. The fraction of sp³-hybridized carbons (Fsp3) is 0.529. The quantitative estimate of drug-likeness (QED) is 0.782. The third-order valence-electron chi connectivity index (χ3n) is 4.01. The fourth-order valence-corrected chi connectivity index (χ4v) is 3.12. The normalized spacial score (nSPS) is 22.1. The largest absolute Gasteiger partial charge is 0.376 e. The van der Waals surface area contributed by atoms with Crippen LogP contribution in [0.2, 0.25) is 0 Å². The standard InChI is InChI=1S/C17H24BrNO/c1-13-5-3-4-6-15(13)11-20-12-16-8-7-14(10-19-2)9-17(16)18/h3-4,7-9,13,15,19H,5-6,10-12H2,1-2H3. The Morgan fingerprint density at radius 1 is 1.30 bits per heavy atom. The summed E-state index contributed by atoms with van der Waals surface area (Å²) in [6, 6.07) is 6.48. The molecule has 1 aliphatic rings. The van der Waals surface area contributed by atoms with Crippen LogP contribution in [0.3, 0.4) is 0 Å². The molecule has 2 rings (SSSR count). The molecule has 2 atom stereocenters. The Hall–Kier alpha value is -0.640. The first-order valence-corrected chi connectivity index (χ1v) is 8.14. The first-order chi connectivity index (χ1) is 9.70. The molecule has 0 fully saturated rings. The van der Waals surface area contributed by atoms with Gasteiger partial charge in [0.1, 0.15) is 0 Å². The van der Waals surface area contributed by atoms with E-state index in [1.54, 1.807) is 0 Å². The van der Waals surface area contributed by atoms with Crippen LogP contribution in [-0.4, -0.2) is 13.7 Å². The van der Waals surface area contributed by atoms with Gasteiger partial charge in [0.25, 0.3) is 0 Å². The van der Waals surface area contributed by atoms with Crippen LogP contribution in [0.1, 0.15) is 30.9 Å². The molecule has 0 saturated heterocycles. The molecule has 1 aromatic rings. The highest BCUT2D eigenvalue weighted by atomic mass is 79.9. The minimum atomic E-state index is 0.669. The second-order valence-corrected chi connectivity index (χ2v) is 6.51. The molecule has 0 heterocycles. The van der Waals surface area contributed by atoms with E-state index in [1.165, 1.54) is 17.5 Å². The highest BCUT2D eigenvalue weighted by Gasteiger charge is 2.18. The number of benzene rings is 1. The molecule has 0 amide bonds. The van der Waals surface area contributed by atoms with Crippen molar-refractivity contribution in [1.82, 2.24) is 5.32 Å². The van der Waals surface area contributed by atoms with E-state index in [0.29, 0.717) is 12.5 Å². The molecule has 0 saturated carbocycles. The zero-order chi connectivity index (χ0) is 14.4. The minimum Gasteiger partial charge on any atom is -0.376 e. The van der Waals surface area contributed by atoms with Gasteiger partial charge >= 0.3 is 0 Å². The number of hydrogen-bond donors (Lipinski definition) is 1. The summed E-state index contributed by atoms with van der Waals surface area (Å²) in [6.45, 7) is 4.76. The Bertz CT molecular complexity index is 458. The van der Waals surface area contributed by atoms with Gasteiger partial charge in [0.05, 0.1) is 13.2 Å². The van der Waals surface area contributed by atoms with Crippen molar-refractivity contribution in [3.63, 3.8) is 0 Å². The number of rotatable bonds is 6. The van der Waals surface area contributed by atoms with Crippen LogP contribution < -0.4 is 5.32 Å². The summed E-state index contributed by atoms with van der Waals surface area (Å²) in [6.07, 6.45) is 6.93. The maximum absolute atomic E-state index is 5.93. The zero-order valence-corrected chi connectivity index (χ0v) is 13.9. The predicted molar refractivity (Wildman–Crippen MR) is 87.6 cm³/mol. The molecule has 3 heteroatoms. The van der Waals surface area contributed by atoms with Gasteiger partial charge in [-0.3, -0.25) is 0 Å². The predicted octanol–water partition coefficient (Wildman–Crippen LogP) is 4.29. The molecule has 20 heavy (non-hydrogen) atoms. The number of nitrogens with one attached hydrogen (secondary N) is 1. The number of ether oxygens (including phenoxy) is 1. The Kier molecular flexibility index (Phi) is 6.27. The lowest BCUT2D eigenvalue weighted by Crippen LogP contribution is -2.19. The zero-order valence-electron chi connectivity index (χ0n) is 12.4. The Morgan fingerprint density at radius 3 is 2.80 bits per heavy atom. The summed E-state index contributed by atoms with van der Waals surface area (Å²) in [5.74, 6) is 1.41. The summed E-state index contributed by atoms with van der Waals surface area (Å²) < 4.78 is 7.07. The van der Waals surface area contributed by atoms with E-state index >= 15 is 0 Å². The molecule has 1 aliphatic carbocycles. The Morgan fingerprint density at radius 2 is 2.10 bits per heavy atom. The molecule has 1 aromatic carbocycles. The number of hydrogen-bond acceptors (Lipinski definition) is 2. The smallest absolute Gasteiger partial charge is 0.0727 e. The maximum atomic E-state index is 5.93. The van der Waals surface area contributed by atoms with Crippen molar-refractivity contribution < 1.29 is 4.74 Å². The van der Waals surface area contributed by atoms with Gasteiger partial charge in [0.2, 0.25) is 0 Å². The summed E-state index contributed by atoms with van der Waals surface area (Å²) in [5, 5.41) is 3.16. The second-order valence-electron chi connectivity index (χ2n) is 5.65. The van der Waals surface area contributed by atoms with E-state index in [2.05, 4.69) is 58.5 Å². The topological polar surface area (TPSA) is 21.3 Å². The number of halogens is 1. The third kappa shape index (κ3) is 4.44. The van der Waals surface area contributed by atoms with Gasteiger partial charge in [-0.1, -0.05) is 47.1 Å². The summed E-state index contributed by atoms with van der Waals surface area (Å²) in [4.78, 5) is 0. The van der Waals surface area contributed by atoms with Crippen molar-refractivity contribution in [2.45, 2.75) is 32.9 Å². The summed E-state index contributed by atoms with van der Waals surface area (Å²) in [5.41, 5.74) is 2.51. The van der Waals surface area contributed by atoms with Gasteiger partial charge in [0.15, 0.2) is 0 Å². The molecule has 0 aliphatic heterocycles. The van der Waals surface area contributed by atoms with E-state index in [-0.39, 0.29) is 0 Å². The summed E-state index contributed by atoms with van der Waals surface area (Å²) in [7, 11) is 1.96. The van der Waals surface area contributed by atoms with Gasteiger partial charge < -0.3 is 10.1 Å². The van der Waals surface area contributed by atoms with Gasteiger partial charge in [-0.05, 0) is 48.9 Å². The molecule has 0 bridgehead atoms. The third-order valence-corrected chi connectivity index (χ3v) is 4.74. The Labute approximate surface area is 130 Å². The molecule has 2 unspecified atom stereocenters. The lowest BCUT2D eigenvalue weighted by Gasteiger charge is -2.25. The molecular formula is C17H24BrNO. The van der Waals surface area contributed by atoms with Crippen molar-refractivity contribution in [1.29, 1.82) is 0 Å². The first-order valence-electron chi connectivity index (χ1n) is 7.35. The lowest BCUT2D eigenvalue weighted by molar-refractivity contribution is 0.0677. The van der Waals surface area contributed by atoms with Gasteiger partial charge in [-0.2, -0.15) is 0 Å². The van der Waals surface area contributed by atoms with Gasteiger partial charge in [-0.25, -0.2) is 0 Å². The van der Waals surface area contributed by atoms with Gasteiger partial charge in [-0.15, -0.1) is 0 Å². The van der Waals surface area contributed by atoms with E-state index < -0.39 is 0 Å². The minimum absolute atomic E-state index is 0.669. The van der Waals surface area contributed by atoms with Crippen molar-refractivity contribution in [3.8, 4) is 0 Å². The molecule has 0 aromatic heterocycles. The monoisotopic (exact) mass is 337 g/mol. The maximum Gasteiger partial charge on any atom is 0.0727 e. The molecular weight excluding hydrogens is 314 g/mol. The average Bonchev–Trinajstić information content (AvgIpc) is 2.43. The molecule has 110 valence electrons. The van der Waals surface area contributed by atoms with E-state index in [0.717, 1.165) is 30.0 Å². The number of allylic oxidation sites excluding steroid dienone is 2. The van der Waals surface area contributed by atoms with Crippen LogP contribution >= 0.6 is 15.9 Å². The highest BCUT2D eigenvalue weighted by molar-refractivity contribution is 9.10. The van der Waals surface area contributed by atoms with E-state index in [9.17, 15) is 0 Å². The van der Waals surface area contributed by atoms with Crippen LogP contribution in [0.4, 0.5) is 0 Å². The molecule has 1 N–H and O–H groups in total. The molecule has 2 nitrogen and oxygen atoms in total. The average molecular weight is 338 g/mol. The van der Waals surface area contributed by atoms with Crippen LogP contribution in [0.25, 0.3) is 0 Å². The molecule has 0 spiro atoms. The van der Waals surface area contributed by atoms with Gasteiger partial charge in [0, 0.05) is 11.0 Å². The van der Waals surface area contributed by atoms with Crippen LogP contribution in [-0.2, 0) is 17.9 Å². The van der Waals surface area contributed by atoms with E-state index in [4.69, 9.17) is 4.74 Å². The highest BCUT2D eigenvalue weighted by Crippen LogP contribution is 2.26. The van der Waals surface area contributed by atoms with Crippen LogP contribution in [0.5, 0.6) is 0 Å². The van der Waals surface area contributed by atoms with Crippen molar-refractivity contribution >= 4 is 15.9 Å². The summed E-state index contributed by atoms with van der Waals surface area (Å²) >= 11 is 3.64. The molecule has 0 radical (unpaired) electrons. The van der Waals surface area contributed by atoms with Crippen LogP contribution in [0.15, 0.2) is 34.8 Å². The fourth-order valence-electron chi connectivity index (χ4n) is 2.58. The van der Waals surface area contributed by atoms with Crippen LogP contribution in [0, 0.1) is 11.8 Å². The Balaban J connectivity index is 1.83. The van der Waals surface area contributed by atoms with Crippen molar-refractivity contribution in [2.24, 2.45) is 11.8 Å². The van der Waals surface area contributed by atoms with E-state index in [1.807, 2.05) is 7.05 Å². The van der Waals surface area contributed by atoms with Crippen molar-refractivity contribution in [2.75, 3.05) is 13.7 Å². The first kappa shape index (κ1) is 15.7. The second kappa shape index (κ2) is 7.96.